The van der Waals surface area contributed by atoms with Gasteiger partial charge in [-0.05, 0) is 37.0 Å². The van der Waals surface area contributed by atoms with Crippen LogP contribution >= 0.6 is 0 Å². The van der Waals surface area contributed by atoms with Gasteiger partial charge in [0.15, 0.2) is 0 Å². The van der Waals surface area contributed by atoms with E-state index in [1.54, 1.807) is 6.07 Å². The molecule has 0 spiro atoms. The van der Waals surface area contributed by atoms with Gasteiger partial charge in [-0.15, -0.1) is 0 Å². The molecule has 1 aliphatic rings. The largest absolute Gasteiger partial charge is 0.399 e. The number of anilines is 2. The highest BCUT2D eigenvalue weighted by atomic mass is 19.1. The Labute approximate surface area is 96.0 Å². The van der Waals surface area contributed by atoms with E-state index in [0.29, 0.717) is 11.7 Å². The van der Waals surface area contributed by atoms with Crippen molar-refractivity contribution in [3.05, 3.63) is 24.0 Å². The van der Waals surface area contributed by atoms with Crippen LogP contribution in [0, 0.1) is 11.7 Å². The van der Waals surface area contributed by atoms with E-state index < -0.39 is 0 Å². The number of halogens is 1. The van der Waals surface area contributed by atoms with Gasteiger partial charge >= 0.3 is 0 Å². The lowest BCUT2D eigenvalue weighted by Gasteiger charge is -2.28. The van der Waals surface area contributed by atoms with Crippen molar-refractivity contribution in [3.63, 3.8) is 0 Å². The molecule has 2 nitrogen and oxygen atoms in total. The molecule has 0 aromatic heterocycles. The number of nitrogens with two attached hydrogens (primary N) is 1. The van der Waals surface area contributed by atoms with Crippen LogP contribution in [-0.4, -0.2) is 6.04 Å². The number of rotatable bonds is 2. The highest BCUT2D eigenvalue weighted by Gasteiger charge is 2.18. The van der Waals surface area contributed by atoms with Crippen molar-refractivity contribution in [1.29, 1.82) is 0 Å². The first-order valence-electron chi connectivity index (χ1n) is 5.96. The SMILES string of the molecule is CC1CCCC(Nc2cc(N)cc(F)c2)C1. The molecule has 1 aromatic carbocycles. The molecule has 1 saturated carbocycles. The first-order chi connectivity index (χ1) is 7.63. The van der Waals surface area contributed by atoms with Gasteiger partial charge < -0.3 is 11.1 Å². The van der Waals surface area contributed by atoms with Gasteiger partial charge in [-0.25, -0.2) is 4.39 Å². The molecule has 2 rings (SSSR count). The van der Waals surface area contributed by atoms with Crippen LogP contribution in [0.4, 0.5) is 15.8 Å². The van der Waals surface area contributed by atoms with Crippen LogP contribution < -0.4 is 11.1 Å². The Bertz CT molecular complexity index is 345. The minimum atomic E-state index is -0.272. The number of benzene rings is 1. The molecule has 3 N–H and O–H groups in total. The molecule has 0 radical (unpaired) electrons. The third-order valence-electron chi connectivity index (χ3n) is 3.23. The Morgan fingerprint density at radius 2 is 2.12 bits per heavy atom. The van der Waals surface area contributed by atoms with Crippen LogP contribution in [-0.2, 0) is 0 Å². The van der Waals surface area contributed by atoms with Crippen LogP contribution in [0.3, 0.4) is 0 Å². The van der Waals surface area contributed by atoms with Crippen molar-refractivity contribution in [2.45, 2.75) is 38.6 Å². The van der Waals surface area contributed by atoms with Gasteiger partial charge in [-0.3, -0.25) is 0 Å². The summed E-state index contributed by atoms with van der Waals surface area (Å²) in [5.41, 5.74) is 6.89. The fraction of sp³-hybridized carbons (Fsp3) is 0.538. The van der Waals surface area contributed by atoms with Crippen LogP contribution in [0.5, 0.6) is 0 Å². The van der Waals surface area contributed by atoms with Gasteiger partial charge in [0.1, 0.15) is 5.82 Å². The maximum atomic E-state index is 13.1. The summed E-state index contributed by atoms with van der Waals surface area (Å²) in [5, 5.41) is 3.37. The van der Waals surface area contributed by atoms with Crippen LogP contribution in [0.1, 0.15) is 32.6 Å². The molecule has 88 valence electrons. The lowest BCUT2D eigenvalue weighted by Crippen LogP contribution is -2.26. The Kier molecular flexibility index (Phi) is 3.32. The van der Waals surface area contributed by atoms with Crippen molar-refractivity contribution >= 4 is 11.4 Å². The summed E-state index contributed by atoms with van der Waals surface area (Å²) in [6.07, 6.45) is 4.89. The molecule has 1 aliphatic carbocycles. The third-order valence-corrected chi connectivity index (χ3v) is 3.23. The van der Waals surface area contributed by atoms with E-state index in [-0.39, 0.29) is 5.82 Å². The first kappa shape index (κ1) is 11.2. The van der Waals surface area contributed by atoms with Crippen molar-refractivity contribution in [1.82, 2.24) is 0 Å². The zero-order valence-electron chi connectivity index (χ0n) is 9.67. The summed E-state index contributed by atoms with van der Waals surface area (Å²) in [6, 6.07) is 5.11. The lowest BCUT2D eigenvalue weighted by molar-refractivity contribution is 0.358. The molecule has 0 saturated heterocycles. The van der Waals surface area contributed by atoms with Crippen LogP contribution in [0.15, 0.2) is 18.2 Å². The standard InChI is InChI=1S/C13H19FN2/c1-9-3-2-4-12(5-9)16-13-7-10(14)6-11(15)8-13/h6-9,12,16H,2-5,15H2,1H3. The molecular weight excluding hydrogens is 203 g/mol. The smallest absolute Gasteiger partial charge is 0.127 e. The van der Waals surface area contributed by atoms with Crippen molar-refractivity contribution in [3.8, 4) is 0 Å². The maximum absolute atomic E-state index is 13.1. The Morgan fingerprint density at radius 3 is 2.81 bits per heavy atom. The van der Waals surface area contributed by atoms with E-state index in [1.807, 2.05) is 0 Å². The summed E-state index contributed by atoms with van der Waals surface area (Å²) < 4.78 is 13.1. The van der Waals surface area contributed by atoms with Gasteiger partial charge in [-0.1, -0.05) is 19.8 Å². The Hall–Kier alpha value is -1.25. The zero-order chi connectivity index (χ0) is 11.5. The molecular formula is C13H19FN2. The van der Waals surface area contributed by atoms with Gasteiger partial charge in [0.2, 0.25) is 0 Å². The molecule has 1 fully saturated rings. The van der Waals surface area contributed by atoms with E-state index in [2.05, 4.69) is 12.2 Å². The first-order valence-corrected chi connectivity index (χ1v) is 5.96. The van der Waals surface area contributed by atoms with Gasteiger partial charge in [0.05, 0.1) is 0 Å². The highest BCUT2D eigenvalue weighted by molar-refractivity contribution is 5.55. The summed E-state index contributed by atoms with van der Waals surface area (Å²) in [5.74, 6) is 0.489. The monoisotopic (exact) mass is 222 g/mol. The molecule has 3 heteroatoms. The van der Waals surface area contributed by atoms with Crippen molar-refractivity contribution in [2.24, 2.45) is 5.92 Å². The number of nitrogens with one attached hydrogen (secondary N) is 1. The van der Waals surface area contributed by atoms with Gasteiger partial charge in [-0.2, -0.15) is 0 Å². The van der Waals surface area contributed by atoms with E-state index in [4.69, 9.17) is 5.73 Å². The quantitative estimate of drug-likeness (QED) is 0.753. The van der Waals surface area contributed by atoms with E-state index in [1.165, 1.54) is 31.4 Å². The summed E-state index contributed by atoms with van der Waals surface area (Å²) >= 11 is 0. The topological polar surface area (TPSA) is 38.0 Å². The normalized spacial score (nSPS) is 25.4. The summed E-state index contributed by atoms with van der Waals surface area (Å²) in [4.78, 5) is 0. The number of hydrogen-bond acceptors (Lipinski definition) is 2. The van der Waals surface area contributed by atoms with Crippen molar-refractivity contribution in [2.75, 3.05) is 11.1 Å². The number of nitrogen functional groups attached to an aromatic ring is 1. The minimum Gasteiger partial charge on any atom is -0.399 e. The molecule has 1 aromatic rings. The number of hydrogen-bond donors (Lipinski definition) is 2. The molecule has 0 heterocycles. The van der Waals surface area contributed by atoms with E-state index in [0.717, 1.165) is 18.0 Å². The second kappa shape index (κ2) is 4.73. The second-order valence-corrected chi connectivity index (χ2v) is 4.89. The molecule has 0 amide bonds. The minimum absolute atomic E-state index is 0.272. The predicted molar refractivity (Wildman–Crippen MR) is 65.9 cm³/mol. The third kappa shape index (κ3) is 2.87. The molecule has 2 unspecified atom stereocenters. The van der Waals surface area contributed by atoms with Crippen LogP contribution in [0.25, 0.3) is 0 Å². The summed E-state index contributed by atoms with van der Waals surface area (Å²) in [7, 11) is 0. The molecule has 0 bridgehead atoms. The predicted octanol–water partition coefficient (Wildman–Crippen LogP) is 3.40. The lowest BCUT2D eigenvalue weighted by atomic mass is 9.87. The van der Waals surface area contributed by atoms with Crippen molar-refractivity contribution < 1.29 is 4.39 Å². The Balaban J connectivity index is 2.02. The molecule has 16 heavy (non-hydrogen) atoms. The van der Waals surface area contributed by atoms with Crippen LogP contribution in [0.2, 0.25) is 0 Å². The fourth-order valence-electron chi connectivity index (χ4n) is 2.50. The zero-order valence-corrected chi connectivity index (χ0v) is 9.67. The maximum Gasteiger partial charge on any atom is 0.127 e. The van der Waals surface area contributed by atoms with E-state index in [9.17, 15) is 4.39 Å². The second-order valence-electron chi connectivity index (χ2n) is 4.89. The molecule has 2 atom stereocenters. The van der Waals surface area contributed by atoms with Gasteiger partial charge in [0, 0.05) is 17.4 Å². The Morgan fingerprint density at radius 1 is 1.31 bits per heavy atom. The highest BCUT2D eigenvalue weighted by Crippen LogP contribution is 2.27. The van der Waals surface area contributed by atoms with E-state index >= 15 is 0 Å². The summed E-state index contributed by atoms with van der Waals surface area (Å²) in [6.45, 7) is 2.27. The average molecular weight is 222 g/mol. The molecule has 0 aliphatic heterocycles. The fourth-order valence-corrected chi connectivity index (χ4v) is 2.50. The average Bonchev–Trinajstić information content (AvgIpc) is 2.15. The van der Waals surface area contributed by atoms with Gasteiger partial charge in [0.25, 0.3) is 0 Å².